The molecule has 2 aromatic rings. The minimum Gasteiger partial charge on any atom is -0.352 e. The van der Waals surface area contributed by atoms with Gasteiger partial charge in [0.25, 0.3) is 0 Å². The van der Waals surface area contributed by atoms with Gasteiger partial charge in [-0.25, -0.2) is 0 Å². The fourth-order valence-corrected chi connectivity index (χ4v) is 4.08. The van der Waals surface area contributed by atoms with Crippen molar-refractivity contribution in [1.82, 2.24) is 10.2 Å². The van der Waals surface area contributed by atoms with Crippen molar-refractivity contribution in [3.8, 4) is 0 Å². The Hall–Kier alpha value is -2.27. The number of rotatable bonds is 9. The van der Waals surface area contributed by atoms with Gasteiger partial charge in [-0.05, 0) is 51.3 Å². The van der Waals surface area contributed by atoms with Crippen LogP contribution in [0.4, 0.5) is 0 Å². The lowest BCUT2D eigenvalue weighted by Crippen LogP contribution is -2.49. The van der Waals surface area contributed by atoms with E-state index >= 15 is 0 Å². The highest BCUT2D eigenvalue weighted by Gasteiger charge is 2.26. The van der Waals surface area contributed by atoms with E-state index in [2.05, 4.69) is 30.4 Å². The van der Waals surface area contributed by atoms with Gasteiger partial charge in [0.1, 0.15) is 6.04 Å². The van der Waals surface area contributed by atoms with Gasteiger partial charge in [-0.15, -0.1) is 11.8 Å². The van der Waals surface area contributed by atoms with E-state index in [4.69, 9.17) is 0 Å². The van der Waals surface area contributed by atoms with E-state index in [1.165, 1.54) is 11.1 Å². The second-order valence-electron chi connectivity index (χ2n) is 7.77. The third kappa shape index (κ3) is 7.24. The summed E-state index contributed by atoms with van der Waals surface area (Å²) < 4.78 is 0. The van der Waals surface area contributed by atoms with Gasteiger partial charge < -0.3 is 10.2 Å². The van der Waals surface area contributed by atoms with Crippen LogP contribution in [0.2, 0.25) is 0 Å². The fraction of sp³-hybridized carbons (Fsp3) is 0.417. The number of hydrogen-bond donors (Lipinski definition) is 1. The van der Waals surface area contributed by atoms with E-state index in [9.17, 15) is 9.59 Å². The number of carbonyl (C=O) groups excluding carboxylic acids is 2. The van der Waals surface area contributed by atoms with Crippen molar-refractivity contribution in [3.05, 3.63) is 70.8 Å². The zero-order valence-corrected chi connectivity index (χ0v) is 18.9. The average molecular weight is 413 g/mol. The predicted octanol–water partition coefficient (Wildman–Crippen LogP) is 4.48. The van der Waals surface area contributed by atoms with Gasteiger partial charge in [0.05, 0.1) is 5.75 Å². The Labute approximate surface area is 179 Å². The second kappa shape index (κ2) is 11.1. The molecule has 0 saturated heterocycles. The van der Waals surface area contributed by atoms with Crippen LogP contribution in [-0.4, -0.2) is 34.6 Å². The van der Waals surface area contributed by atoms with Gasteiger partial charge in [0.15, 0.2) is 0 Å². The summed E-state index contributed by atoms with van der Waals surface area (Å²) in [5, 5.41) is 2.92. The Kier molecular flexibility index (Phi) is 8.77. The molecular weight excluding hydrogens is 380 g/mol. The third-order valence-electron chi connectivity index (χ3n) is 4.78. The van der Waals surface area contributed by atoms with Crippen molar-refractivity contribution in [2.75, 3.05) is 5.75 Å². The van der Waals surface area contributed by atoms with Crippen molar-refractivity contribution >= 4 is 23.6 Å². The third-order valence-corrected chi connectivity index (χ3v) is 5.74. The summed E-state index contributed by atoms with van der Waals surface area (Å²) in [6, 6.07) is 15.8. The molecule has 0 aliphatic rings. The molecule has 1 N–H and O–H groups in total. The maximum atomic E-state index is 13.1. The molecule has 5 heteroatoms. The average Bonchev–Trinajstić information content (AvgIpc) is 2.66. The predicted molar refractivity (Wildman–Crippen MR) is 122 cm³/mol. The monoisotopic (exact) mass is 412 g/mol. The largest absolute Gasteiger partial charge is 0.352 e. The first-order valence-corrected chi connectivity index (χ1v) is 11.2. The summed E-state index contributed by atoms with van der Waals surface area (Å²) in [6.07, 6.45) is 0. The summed E-state index contributed by atoms with van der Waals surface area (Å²) in [5.74, 6) is 0.990. The highest BCUT2D eigenvalue weighted by atomic mass is 32.2. The minimum absolute atomic E-state index is 0.0171. The molecule has 0 heterocycles. The van der Waals surface area contributed by atoms with Crippen LogP contribution < -0.4 is 5.32 Å². The molecule has 0 aliphatic heterocycles. The molecule has 2 aromatic carbocycles. The molecule has 156 valence electrons. The molecule has 0 saturated carbocycles. The standard InChI is InChI=1S/C24H32N2O2S/c1-17(2)25-24(28)20(5)26(14-21-11-8-9-18(3)13-21)23(27)16-29-15-22-12-7-6-10-19(22)4/h6-13,17,20H,14-16H2,1-5H3,(H,25,28). The summed E-state index contributed by atoms with van der Waals surface area (Å²) in [7, 11) is 0. The molecule has 2 rings (SSSR count). The van der Waals surface area contributed by atoms with Crippen molar-refractivity contribution in [2.24, 2.45) is 0 Å². The lowest BCUT2D eigenvalue weighted by Gasteiger charge is -2.29. The molecule has 0 fully saturated rings. The van der Waals surface area contributed by atoms with E-state index in [0.717, 1.165) is 16.9 Å². The second-order valence-corrected chi connectivity index (χ2v) is 8.75. The molecule has 0 aliphatic carbocycles. The highest BCUT2D eigenvalue weighted by Crippen LogP contribution is 2.18. The number of carbonyl (C=O) groups is 2. The summed E-state index contributed by atoms with van der Waals surface area (Å²) in [4.78, 5) is 27.3. The molecule has 29 heavy (non-hydrogen) atoms. The van der Waals surface area contributed by atoms with Crippen molar-refractivity contribution in [2.45, 2.75) is 59.0 Å². The molecule has 0 spiro atoms. The normalized spacial score (nSPS) is 11.9. The van der Waals surface area contributed by atoms with Crippen molar-refractivity contribution in [1.29, 1.82) is 0 Å². The maximum Gasteiger partial charge on any atom is 0.242 e. The summed E-state index contributed by atoms with van der Waals surface area (Å²) >= 11 is 1.59. The summed E-state index contributed by atoms with van der Waals surface area (Å²) in [6.45, 7) is 10.2. The van der Waals surface area contributed by atoms with Gasteiger partial charge in [0.2, 0.25) is 11.8 Å². The zero-order chi connectivity index (χ0) is 21.4. The van der Waals surface area contributed by atoms with E-state index in [1.54, 1.807) is 23.6 Å². The molecule has 0 radical (unpaired) electrons. The minimum atomic E-state index is -0.524. The Morgan fingerprint density at radius 3 is 2.41 bits per heavy atom. The first-order valence-electron chi connectivity index (χ1n) is 10.1. The fourth-order valence-electron chi connectivity index (χ4n) is 3.10. The molecule has 1 unspecified atom stereocenters. The topological polar surface area (TPSA) is 49.4 Å². The number of nitrogens with zero attached hydrogens (tertiary/aromatic N) is 1. The lowest BCUT2D eigenvalue weighted by molar-refractivity contribution is -0.138. The quantitative estimate of drug-likeness (QED) is 0.661. The van der Waals surface area contributed by atoms with Crippen LogP contribution >= 0.6 is 11.8 Å². The van der Waals surface area contributed by atoms with E-state index in [-0.39, 0.29) is 17.9 Å². The molecule has 1 atom stereocenters. The molecule has 0 aromatic heterocycles. The Morgan fingerprint density at radius 1 is 1.03 bits per heavy atom. The first-order chi connectivity index (χ1) is 13.8. The zero-order valence-electron chi connectivity index (χ0n) is 18.1. The van der Waals surface area contributed by atoms with E-state index in [1.807, 2.05) is 51.1 Å². The van der Waals surface area contributed by atoms with Crippen molar-refractivity contribution in [3.63, 3.8) is 0 Å². The number of amides is 2. The van der Waals surface area contributed by atoms with E-state index < -0.39 is 6.04 Å². The summed E-state index contributed by atoms with van der Waals surface area (Å²) in [5.41, 5.74) is 4.64. The van der Waals surface area contributed by atoms with Crippen LogP contribution in [-0.2, 0) is 21.9 Å². The Balaban J connectivity index is 2.09. The number of benzene rings is 2. The van der Waals surface area contributed by atoms with Crippen LogP contribution in [0.5, 0.6) is 0 Å². The van der Waals surface area contributed by atoms with Crippen LogP contribution in [0.3, 0.4) is 0 Å². The Bertz CT molecular complexity index is 835. The SMILES string of the molecule is Cc1cccc(CN(C(=O)CSCc2ccccc2C)C(C)C(=O)NC(C)C)c1. The van der Waals surface area contributed by atoms with Gasteiger partial charge in [0, 0.05) is 18.3 Å². The van der Waals surface area contributed by atoms with Crippen LogP contribution in [0, 0.1) is 13.8 Å². The molecular formula is C24H32N2O2S. The van der Waals surface area contributed by atoms with Crippen molar-refractivity contribution < 1.29 is 9.59 Å². The van der Waals surface area contributed by atoms with Crippen LogP contribution in [0.1, 0.15) is 43.0 Å². The highest BCUT2D eigenvalue weighted by molar-refractivity contribution is 7.99. The molecule has 0 bridgehead atoms. The van der Waals surface area contributed by atoms with Gasteiger partial charge in [-0.3, -0.25) is 9.59 Å². The Morgan fingerprint density at radius 2 is 1.76 bits per heavy atom. The lowest BCUT2D eigenvalue weighted by atomic mass is 10.1. The molecule has 4 nitrogen and oxygen atoms in total. The number of nitrogens with one attached hydrogen (secondary N) is 1. The van der Waals surface area contributed by atoms with Gasteiger partial charge in [-0.2, -0.15) is 0 Å². The van der Waals surface area contributed by atoms with Gasteiger partial charge in [-0.1, -0.05) is 54.1 Å². The number of thioether (sulfide) groups is 1. The first kappa shape index (κ1) is 23.0. The number of hydrogen-bond acceptors (Lipinski definition) is 3. The van der Waals surface area contributed by atoms with Gasteiger partial charge >= 0.3 is 0 Å². The van der Waals surface area contributed by atoms with E-state index in [0.29, 0.717) is 12.3 Å². The molecule has 2 amide bonds. The maximum absolute atomic E-state index is 13.1. The van der Waals surface area contributed by atoms with Crippen LogP contribution in [0.15, 0.2) is 48.5 Å². The van der Waals surface area contributed by atoms with Crippen LogP contribution in [0.25, 0.3) is 0 Å². The smallest absolute Gasteiger partial charge is 0.242 e. The number of aryl methyl sites for hydroxylation is 2.